The molecule has 0 saturated carbocycles. The van der Waals surface area contributed by atoms with Crippen molar-refractivity contribution in [1.29, 1.82) is 0 Å². The number of aryl methyl sites for hydroxylation is 1. The molecule has 0 N–H and O–H groups in total. The molecule has 0 fully saturated rings. The zero-order valence-electron chi connectivity index (χ0n) is 14.8. The summed E-state index contributed by atoms with van der Waals surface area (Å²) in [6, 6.07) is 7.22. The minimum absolute atomic E-state index is 0.254. The molecule has 2 aromatic rings. The monoisotopic (exact) mass is 382 g/mol. The highest BCUT2D eigenvalue weighted by Crippen LogP contribution is 2.34. The highest BCUT2D eigenvalue weighted by atomic mass is 19.4. The first-order chi connectivity index (χ1) is 12.8. The van der Waals surface area contributed by atoms with Crippen LogP contribution in [0.4, 0.5) is 22.0 Å². The van der Waals surface area contributed by atoms with E-state index in [4.69, 9.17) is 0 Å². The van der Waals surface area contributed by atoms with Gasteiger partial charge < -0.3 is 4.74 Å². The molecule has 1 nitrogen and oxygen atoms in total. The summed E-state index contributed by atoms with van der Waals surface area (Å²) in [5, 5.41) is 0. The Morgan fingerprint density at radius 1 is 1.00 bits per heavy atom. The van der Waals surface area contributed by atoms with E-state index in [-0.39, 0.29) is 18.7 Å². The fourth-order valence-corrected chi connectivity index (χ4v) is 3.27. The topological polar surface area (TPSA) is 9.23 Å². The van der Waals surface area contributed by atoms with Crippen molar-refractivity contribution in [3.8, 4) is 5.75 Å². The number of fused-ring (bicyclic) bond motifs is 1. The van der Waals surface area contributed by atoms with E-state index >= 15 is 0 Å². The zero-order valence-corrected chi connectivity index (χ0v) is 14.8. The van der Waals surface area contributed by atoms with Gasteiger partial charge in [-0.2, -0.15) is 0 Å². The van der Waals surface area contributed by atoms with Gasteiger partial charge in [-0.1, -0.05) is 31.6 Å². The molecule has 0 saturated heterocycles. The largest absolute Gasteiger partial charge is 0.573 e. The Labute approximate surface area is 154 Å². The van der Waals surface area contributed by atoms with Gasteiger partial charge in [0.15, 0.2) is 11.6 Å². The van der Waals surface area contributed by atoms with Crippen molar-refractivity contribution in [1.82, 2.24) is 0 Å². The first-order valence-corrected chi connectivity index (χ1v) is 8.81. The lowest BCUT2D eigenvalue weighted by atomic mass is 9.87. The van der Waals surface area contributed by atoms with Crippen LogP contribution in [0.5, 0.6) is 5.75 Å². The number of alkyl halides is 3. The van der Waals surface area contributed by atoms with Crippen molar-refractivity contribution in [2.75, 3.05) is 0 Å². The van der Waals surface area contributed by atoms with Gasteiger partial charge in [0.05, 0.1) is 0 Å². The molecule has 0 aliphatic heterocycles. The predicted octanol–water partition coefficient (Wildman–Crippen LogP) is 6.39. The van der Waals surface area contributed by atoms with Gasteiger partial charge in [0.25, 0.3) is 0 Å². The van der Waals surface area contributed by atoms with Crippen LogP contribution in [0, 0.1) is 11.6 Å². The number of hydrogen-bond acceptors (Lipinski definition) is 1. The Kier molecular flexibility index (Phi) is 5.53. The summed E-state index contributed by atoms with van der Waals surface area (Å²) in [5.41, 5.74) is 3.14. The Bertz CT molecular complexity index is 868. The number of allylic oxidation sites excluding steroid dienone is 2. The van der Waals surface area contributed by atoms with Crippen LogP contribution < -0.4 is 4.74 Å². The van der Waals surface area contributed by atoms with Crippen molar-refractivity contribution >= 4 is 5.57 Å². The minimum Gasteiger partial charge on any atom is -0.403 e. The van der Waals surface area contributed by atoms with Crippen molar-refractivity contribution in [3.05, 3.63) is 70.3 Å². The number of hydrogen-bond donors (Lipinski definition) is 0. The molecule has 0 amide bonds. The van der Waals surface area contributed by atoms with E-state index in [2.05, 4.69) is 11.7 Å². The van der Waals surface area contributed by atoms with E-state index in [0.29, 0.717) is 22.3 Å². The molecule has 0 atom stereocenters. The van der Waals surface area contributed by atoms with Gasteiger partial charge in [-0.3, -0.25) is 0 Å². The van der Waals surface area contributed by atoms with Gasteiger partial charge in [0, 0.05) is 5.56 Å². The molecular formula is C21H19F5O. The summed E-state index contributed by atoms with van der Waals surface area (Å²) in [7, 11) is 0. The Morgan fingerprint density at radius 3 is 2.44 bits per heavy atom. The second-order valence-corrected chi connectivity index (χ2v) is 6.63. The first kappa shape index (κ1) is 19.4. The molecule has 1 aliphatic carbocycles. The van der Waals surface area contributed by atoms with Crippen LogP contribution in [0.25, 0.3) is 5.57 Å². The number of unbranched alkanes of at least 4 members (excludes halogenated alkanes) is 1. The summed E-state index contributed by atoms with van der Waals surface area (Å²) >= 11 is 0. The van der Waals surface area contributed by atoms with Gasteiger partial charge >= 0.3 is 6.36 Å². The lowest BCUT2D eigenvalue weighted by Crippen LogP contribution is -2.18. The standard InChI is InChI=1S/C21H19F5O/c1-2-3-4-13-5-8-17(18(22)9-13)15-7-6-14-12-20(27-21(24,25)26)19(23)11-16(14)10-15/h5,7-9,11-12H,2-4,6,10H2,1H3. The van der Waals surface area contributed by atoms with Crippen LogP contribution in [0.2, 0.25) is 0 Å². The summed E-state index contributed by atoms with van der Waals surface area (Å²) in [5.74, 6) is -2.26. The summed E-state index contributed by atoms with van der Waals surface area (Å²) in [6.07, 6.45) is 0.172. The Hall–Kier alpha value is -2.37. The molecule has 0 bridgehead atoms. The minimum atomic E-state index is -4.95. The van der Waals surface area contributed by atoms with Crippen molar-refractivity contribution in [2.24, 2.45) is 0 Å². The number of rotatable bonds is 5. The smallest absolute Gasteiger partial charge is 0.403 e. The number of benzene rings is 2. The summed E-state index contributed by atoms with van der Waals surface area (Å²) in [4.78, 5) is 0. The molecule has 1 aliphatic rings. The van der Waals surface area contributed by atoms with Gasteiger partial charge in [0.1, 0.15) is 5.82 Å². The Balaban J connectivity index is 1.83. The highest BCUT2D eigenvalue weighted by Gasteiger charge is 2.33. The van der Waals surface area contributed by atoms with Gasteiger partial charge in [0.2, 0.25) is 0 Å². The maximum atomic E-state index is 14.5. The van der Waals surface area contributed by atoms with Gasteiger partial charge in [-0.15, -0.1) is 13.2 Å². The van der Waals surface area contributed by atoms with Crippen LogP contribution in [0.15, 0.2) is 36.4 Å². The maximum absolute atomic E-state index is 14.5. The fourth-order valence-electron chi connectivity index (χ4n) is 3.27. The van der Waals surface area contributed by atoms with Crippen LogP contribution in [0.1, 0.15) is 42.0 Å². The van der Waals surface area contributed by atoms with E-state index in [1.54, 1.807) is 12.1 Å². The molecule has 0 spiro atoms. The summed E-state index contributed by atoms with van der Waals surface area (Å²) in [6.45, 7) is 2.07. The molecule has 0 radical (unpaired) electrons. The normalized spacial score (nSPS) is 13.9. The molecule has 0 heterocycles. The molecule has 27 heavy (non-hydrogen) atoms. The predicted molar refractivity (Wildman–Crippen MR) is 93.5 cm³/mol. The Morgan fingerprint density at radius 2 is 1.78 bits per heavy atom. The molecule has 3 rings (SSSR count). The van der Waals surface area contributed by atoms with Crippen molar-refractivity contribution in [3.63, 3.8) is 0 Å². The van der Waals surface area contributed by atoms with Crippen LogP contribution in [0.3, 0.4) is 0 Å². The van der Waals surface area contributed by atoms with Crippen LogP contribution in [-0.2, 0) is 19.3 Å². The second-order valence-electron chi connectivity index (χ2n) is 6.63. The molecular weight excluding hydrogens is 363 g/mol. The lowest BCUT2D eigenvalue weighted by molar-refractivity contribution is -0.275. The average molecular weight is 382 g/mol. The van der Waals surface area contributed by atoms with Gasteiger partial charge in [-0.05, 0) is 66.1 Å². The second kappa shape index (κ2) is 7.71. The van der Waals surface area contributed by atoms with E-state index in [1.807, 2.05) is 6.07 Å². The lowest BCUT2D eigenvalue weighted by Gasteiger charge is -2.20. The molecule has 0 unspecified atom stereocenters. The van der Waals surface area contributed by atoms with Crippen molar-refractivity contribution in [2.45, 2.75) is 45.4 Å². The van der Waals surface area contributed by atoms with E-state index in [9.17, 15) is 22.0 Å². The van der Waals surface area contributed by atoms with Gasteiger partial charge in [-0.25, -0.2) is 8.78 Å². The van der Waals surface area contributed by atoms with Crippen molar-refractivity contribution < 1.29 is 26.7 Å². The number of ether oxygens (including phenoxy) is 1. The molecule has 2 aromatic carbocycles. The number of halogens is 5. The zero-order chi connectivity index (χ0) is 19.6. The quantitative estimate of drug-likeness (QED) is 0.545. The third kappa shape index (κ3) is 4.67. The third-order valence-corrected chi connectivity index (χ3v) is 4.63. The average Bonchev–Trinajstić information content (AvgIpc) is 2.59. The third-order valence-electron chi connectivity index (χ3n) is 4.63. The SMILES string of the molecule is CCCCc1ccc(C2=CCc3cc(OC(F)(F)F)c(F)cc3C2)c(F)c1. The van der Waals surface area contributed by atoms with E-state index < -0.39 is 17.9 Å². The molecule has 144 valence electrons. The summed E-state index contributed by atoms with van der Waals surface area (Å²) < 4.78 is 69.2. The maximum Gasteiger partial charge on any atom is 0.573 e. The van der Waals surface area contributed by atoms with E-state index in [0.717, 1.165) is 37.0 Å². The highest BCUT2D eigenvalue weighted by molar-refractivity contribution is 5.71. The first-order valence-electron chi connectivity index (χ1n) is 8.81. The molecule has 0 aromatic heterocycles. The van der Waals surface area contributed by atoms with Crippen LogP contribution >= 0.6 is 0 Å². The van der Waals surface area contributed by atoms with Crippen LogP contribution in [-0.4, -0.2) is 6.36 Å². The fraction of sp³-hybridized carbons (Fsp3) is 0.333. The van der Waals surface area contributed by atoms with E-state index in [1.165, 1.54) is 6.07 Å². The molecule has 6 heteroatoms.